The third kappa shape index (κ3) is 5.01. The third-order valence-corrected chi connectivity index (χ3v) is 5.59. The van der Waals surface area contributed by atoms with Crippen LogP contribution in [0.1, 0.15) is 11.5 Å². The number of rotatable bonds is 8. The maximum absolute atomic E-state index is 14.1. The molecule has 2 aromatic carbocycles. The molecule has 0 saturated carbocycles. The zero-order valence-corrected chi connectivity index (χ0v) is 19.6. The van der Waals surface area contributed by atoms with Crippen molar-refractivity contribution in [3.05, 3.63) is 90.0 Å². The molecule has 182 valence electrons. The first kappa shape index (κ1) is 23.4. The summed E-state index contributed by atoms with van der Waals surface area (Å²) in [4.78, 5) is 17.2. The van der Waals surface area contributed by atoms with Gasteiger partial charge in [0.1, 0.15) is 35.5 Å². The Bertz CT molecular complexity index is 1530. The van der Waals surface area contributed by atoms with E-state index in [-0.39, 0.29) is 12.2 Å². The van der Waals surface area contributed by atoms with Crippen LogP contribution < -0.4 is 15.8 Å². The van der Waals surface area contributed by atoms with Gasteiger partial charge < -0.3 is 20.8 Å². The van der Waals surface area contributed by atoms with E-state index < -0.39 is 11.6 Å². The van der Waals surface area contributed by atoms with Gasteiger partial charge in [0.05, 0.1) is 35.3 Å². The van der Waals surface area contributed by atoms with Crippen LogP contribution in [-0.2, 0) is 6.54 Å². The number of fused-ring (bicyclic) bond motifs is 1. The molecule has 0 spiro atoms. The highest BCUT2D eigenvalue weighted by Crippen LogP contribution is 2.32. The summed E-state index contributed by atoms with van der Waals surface area (Å²) >= 11 is 0. The van der Waals surface area contributed by atoms with Gasteiger partial charge in [-0.05, 0) is 49.4 Å². The number of hydrogen-bond acceptors (Lipinski definition) is 6. The Morgan fingerprint density at radius 2 is 1.92 bits per heavy atom. The lowest BCUT2D eigenvalue weighted by molar-refractivity contribution is 0.327. The van der Waals surface area contributed by atoms with E-state index in [0.29, 0.717) is 36.1 Å². The minimum atomic E-state index is -0.669. The summed E-state index contributed by atoms with van der Waals surface area (Å²) in [6.45, 7) is 2.94. The molecule has 0 amide bonds. The minimum absolute atomic E-state index is 0.186. The highest BCUT2D eigenvalue weighted by atomic mass is 19.1. The molecule has 36 heavy (non-hydrogen) atoms. The normalized spacial score (nSPS) is 11.1. The summed E-state index contributed by atoms with van der Waals surface area (Å²) in [6, 6.07) is 16.9. The molecule has 9 heteroatoms. The van der Waals surface area contributed by atoms with E-state index in [1.165, 1.54) is 12.1 Å². The number of anilines is 1. The topological polar surface area (TPSA) is 102 Å². The fourth-order valence-corrected chi connectivity index (χ4v) is 3.91. The van der Waals surface area contributed by atoms with Gasteiger partial charge >= 0.3 is 0 Å². The van der Waals surface area contributed by atoms with E-state index in [1.807, 2.05) is 49.4 Å². The number of nitrogens with one attached hydrogen (secondary N) is 2. The number of nitrogens with zero attached hydrogens (tertiary/aromatic N) is 3. The monoisotopic (exact) mass is 486 g/mol. The van der Waals surface area contributed by atoms with Crippen LogP contribution in [0.25, 0.3) is 33.5 Å². The summed E-state index contributed by atoms with van der Waals surface area (Å²) in [5, 5.41) is 3.87. The second-order valence-electron chi connectivity index (χ2n) is 8.26. The maximum Gasteiger partial charge on any atom is 0.149 e. The van der Waals surface area contributed by atoms with Crippen LogP contribution in [0.5, 0.6) is 5.75 Å². The number of pyridine rings is 2. The minimum Gasteiger partial charge on any atom is -0.491 e. The van der Waals surface area contributed by atoms with Crippen molar-refractivity contribution in [2.45, 2.75) is 13.5 Å². The number of hydrogen-bond donors (Lipinski definition) is 3. The molecule has 0 aliphatic rings. The molecule has 0 fully saturated rings. The second-order valence-corrected chi connectivity index (χ2v) is 8.26. The molecule has 7 nitrogen and oxygen atoms in total. The van der Waals surface area contributed by atoms with Gasteiger partial charge in [0, 0.05) is 29.3 Å². The number of nitrogens with two attached hydrogens (primary N) is 1. The molecule has 3 heterocycles. The van der Waals surface area contributed by atoms with Crippen molar-refractivity contribution in [3.63, 3.8) is 0 Å². The molecule has 0 bridgehead atoms. The summed E-state index contributed by atoms with van der Waals surface area (Å²) < 4.78 is 33.0. The SMILES string of the molecule is Cc1cccc(-c2nc(CNc3ccc(F)cc3F)[nH]c2-c2ccc3ncc(OCCN)cc3c2)n1. The lowest BCUT2D eigenvalue weighted by Gasteiger charge is -2.08. The van der Waals surface area contributed by atoms with Crippen LogP contribution in [0.4, 0.5) is 14.5 Å². The number of ether oxygens (including phenoxy) is 1. The van der Waals surface area contributed by atoms with Crippen molar-refractivity contribution in [1.29, 1.82) is 0 Å². The molecule has 0 atom stereocenters. The summed E-state index contributed by atoms with van der Waals surface area (Å²) in [5.41, 5.74) is 10.4. The highest BCUT2D eigenvalue weighted by molar-refractivity contribution is 5.87. The standard InChI is InChI=1S/C27H24F2N6O/c1-16-3-2-4-24(33-16)27-26(34-25(35-27)15-32-23-8-6-19(28)13-21(23)29)17-5-7-22-18(11-17)12-20(14-31-22)36-10-9-30/h2-8,11-14,32H,9-10,15,30H2,1H3,(H,34,35). The molecule has 3 aromatic heterocycles. The van der Waals surface area contributed by atoms with Gasteiger partial charge in [-0.2, -0.15) is 0 Å². The van der Waals surface area contributed by atoms with Gasteiger partial charge in [-0.3, -0.25) is 9.97 Å². The molecule has 0 unspecified atom stereocenters. The number of aromatic amines is 1. The number of aromatic nitrogens is 4. The van der Waals surface area contributed by atoms with Crippen molar-refractivity contribution in [1.82, 2.24) is 19.9 Å². The van der Waals surface area contributed by atoms with E-state index in [9.17, 15) is 8.78 Å². The quantitative estimate of drug-likeness (QED) is 0.278. The van der Waals surface area contributed by atoms with E-state index in [2.05, 4.69) is 20.3 Å². The zero-order chi connectivity index (χ0) is 25.1. The maximum atomic E-state index is 14.1. The second kappa shape index (κ2) is 10.1. The Kier molecular flexibility index (Phi) is 6.55. The van der Waals surface area contributed by atoms with Crippen LogP contribution in [0.15, 0.2) is 66.9 Å². The molecule has 5 aromatic rings. The Morgan fingerprint density at radius 1 is 1.03 bits per heavy atom. The molecular weight excluding hydrogens is 462 g/mol. The van der Waals surface area contributed by atoms with Gasteiger partial charge in [-0.15, -0.1) is 0 Å². The lowest BCUT2D eigenvalue weighted by atomic mass is 10.1. The number of benzene rings is 2. The van der Waals surface area contributed by atoms with Crippen LogP contribution in [0, 0.1) is 18.6 Å². The molecule has 4 N–H and O–H groups in total. The number of imidazole rings is 1. The number of aryl methyl sites for hydroxylation is 1. The molecule has 0 saturated heterocycles. The Labute approximate surface area is 206 Å². The highest BCUT2D eigenvalue weighted by Gasteiger charge is 2.17. The Balaban J connectivity index is 1.53. The molecular formula is C27H24F2N6O. The predicted octanol–water partition coefficient (Wildman–Crippen LogP) is 5.22. The summed E-state index contributed by atoms with van der Waals surface area (Å²) in [5.74, 6) is -0.0858. The zero-order valence-electron chi connectivity index (χ0n) is 19.6. The smallest absolute Gasteiger partial charge is 0.149 e. The predicted molar refractivity (Wildman–Crippen MR) is 136 cm³/mol. The van der Waals surface area contributed by atoms with E-state index in [4.69, 9.17) is 15.5 Å². The van der Waals surface area contributed by atoms with Crippen molar-refractivity contribution < 1.29 is 13.5 Å². The van der Waals surface area contributed by atoms with Gasteiger partial charge in [-0.25, -0.2) is 13.8 Å². The molecule has 0 aliphatic carbocycles. The first-order valence-electron chi connectivity index (χ1n) is 11.4. The number of H-pyrrole nitrogens is 1. The van der Waals surface area contributed by atoms with Crippen LogP contribution in [0.2, 0.25) is 0 Å². The lowest BCUT2D eigenvalue weighted by Crippen LogP contribution is -2.10. The third-order valence-electron chi connectivity index (χ3n) is 5.59. The van der Waals surface area contributed by atoms with E-state index in [0.717, 1.165) is 33.9 Å². The average molecular weight is 487 g/mol. The summed E-state index contributed by atoms with van der Waals surface area (Å²) in [7, 11) is 0. The average Bonchev–Trinajstić information content (AvgIpc) is 3.31. The fourth-order valence-electron chi connectivity index (χ4n) is 3.91. The first-order chi connectivity index (χ1) is 17.5. The van der Waals surface area contributed by atoms with Gasteiger partial charge in [0.2, 0.25) is 0 Å². The Morgan fingerprint density at radius 3 is 2.72 bits per heavy atom. The van der Waals surface area contributed by atoms with Crippen LogP contribution in [-0.4, -0.2) is 33.1 Å². The molecule has 0 radical (unpaired) electrons. The molecule has 5 rings (SSSR count). The van der Waals surface area contributed by atoms with Crippen LogP contribution >= 0.6 is 0 Å². The van der Waals surface area contributed by atoms with E-state index in [1.54, 1.807) is 6.20 Å². The van der Waals surface area contributed by atoms with Crippen LogP contribution in [0.3, 0.4) is 0 Å². The van der Waals surface area contributed by atoms with Gasteiger partial charge in [0.15, 0.2) is 0 Å². The summed E-state index contributed by atoms with van der Waals surface area (Å²) in [6.07, 6.45) is 1.67. The van der Waals surface area contributed by atoms with E-state index >= 15 is 0 Å². The largest absolute Gasteiger partial charge is 0.491 e. The molecule has 0 aliphatic heterocycles. The number of halogens is 2. The van der Waals surface area contributed by atoms with Gasteiger partial charge in [0.25, 0.3) is 0 Å². The first-order valence-corrected chi connectivity index (χ1v) is 11.4. The van der Waals surface area contributed by atoms with Gasteiger partial charge in [-0.1, -0.05) is 12.1 Å². The fraction of sp³-hybridized carbons (Fsp3) is 0.148. The van der Waals surface area contributed by atoms with Crippen molar-refractivity contribution in [2.24, 2.45) is 5.73 Å². The van der Waals surface area contributed by atoms with Crippen molar-refractivity contribution in [2.75, 3.05) is 18.5 Å². The Hall–Kier alpha value is -4.37. The van der Waals surface area contributed by atoms with Crippen molar-refractivity contribution in [3.8, 4) is 28.4 Å². The van der Waals surface area contributed by atoms with Crippen molar-refractivity contribution >= 4 is 16.6 Å².